The fourth-order valence-corrected chi connectivity index (χ4v) is 7.23. The van der Waals surface area contributed by atoms with Crippen LogP contribution in [0.25, 0.3) is 76.5 Å². The number of furan rings is 2. The van der Waals surface area contributed by atoms with Crippen molar-refractivity contribution in [3.05, 3.63) is 164 Å². The largest absolute Gasteiger partial charge is 0.456 e. The van der Waals surface area contributed by atoms with Crippen LogP contribution in [0.15, 0.2) is 173 Å². The lowest BCUT2D eigenvalue weighted by molar-refractivity contribution is 0.668. The molecule has 2 heterocycles. The lowest BCUT2D eigenvalue weighted by atomic mass is 9.99. The molecule has 0 aliphatic carbocycles. The quantitative estimate of drug-likeness (QED) is 0.201. The fraction of sp³-hybridized carbons (Fsp3) is 0. The van der Waals surface area contributed by atoms with Gasteiger partial charge in [-0.25, -0.2) is 0 Å². The number of nitrogens with zero attached hydrogens (tertiary/aromatic N) is 1. The normalized spacial score (nSPS) is 11.8. The molecule has 0 atom stereocenters. The van der Waals surface area contributed by atoms with Gasteiger partial charge in [0.25, 0.3) is 0 Å². The molecule has 0 spiro atoms. The molecule has 0 radical (unpaired) electrons. The van der Waals surface area contributed by atoms with Crippen LogP contribution in [0, 0.1) is 0 Å². The van der Waals surface area contributed by atoms with Crippen LogP contribution in [0.2, 0.25) is 0 Å². The summed E-state index contributed by atoms with van der Waals surface area (Å²) in [5.41, 5.74) is 9.19. The molecule has 10 aromatic rings. The van der Waals surface area contributed by atoms with E-state index in [1.54, 1.807) is 0 Å². The Morgan fingerprint density at radius 1 is 0.319 bits per heavy atom. The van der Waals surface area contributed by atoms with E-state index in [0.29, 0.717) is 0 Å². The number of benzene rings is 8. The Kier molecular flexibility index (Phi) is 5.57. The topological polar surface area (TPSA) is 29.5 Å². The van der Waals surface area contributed by atoms with Crippen LogP contribution >= 0.6 is 0 Å². The molecular weight excluding hydrogens is 574 g/mol. The van der Waals surface area contributed by atoms with Crippen LogP contribution < -0.4 is 4.90 Å². The van der Waals surface area contributed by atoms with E-state index < -0.39 is 0 Å². The maximum Gasteiger partial charge on any atom is 0.136 e. The van der Waals surface area contributed by atoms with Crippen LogP contribution in [0.5, 0.6) is 0 Å². The zero-order valence-electron chi connectivity index (χ0n) is 25.4. The molecule has 220 valence electrons. The van der Waals surface area contributed by atoms with Gasteiger partial charge in [0.05, 0.1) is 0 Å². The molecule has 0 amide bonds. The maximum atomic E-state index is 6.44. The monoisotopic (exact) mass is 601 g/mol. The summed E-state index contributed by atoms with van der Waals surface area (Å²) < 4.78 is 12.7. The molecule has 0 N–H and O–H groups in total. The van der Waals surface area contributed by atoms with Crippen LogP contribution in [-0.2, 0) is 0 Å². The summed E-state index contributed by atoms with van der Waals surface area (Å²) in [7, 11) is 0. The van der Waals surface area contributed by atoms with Crippen molar-refractivity contribution in [2.75, 3.05) is 4.90 Å². The second-order valence-corrected chi connectivity index (χ2v) is 12.1. The molecule has 0 bridgehead atoms. The fourth-order valence-electron chi connectivity index (χ4n) is 7.23. The predicted molar refractivity (Wildman–Crippen MR) is 196 cm³/mol. The molecular formula is C44H27NO2. The Bertz CT molecular complexity index is 2790. The van der Waals surface area contributed by atoms with E-state index in [4.69, 9.17) is 8.83 Å². The second-order valence-electron chi connectivity index (χ2n) is 12.1. The maximum absolute atomic E-state index is 6.44. The molecule has 3 nitrogen and oxygen atoms in total. The third-order valence-corrected chi connectivity index (χ3v) is 9.43. The summed E-state index contributed by atoms with van der Waals surface area (Å²) in [5.74, 6) is 0. The number of fused-ring (bicyclic) bond motifs is 10. The number of anilines is 3. The number of hydrogen-bond donors (Lipinski definition) is 0. The second kappa shape index (κ2) is 10.1. The summed E-state index contributed by atoms with van der Waals surface area (Å²) >= 11 is 0. The van der Waals surface area contributed by atoms with Crippen molar-refractivity contribution in [1.82, 2.24) is 0 Å². The van der Waals surface area contributed by atoms with Crippen LogP contribution in [0.1, 0.15) is 0 Å². The highest BCUT2D eigenvalue weighted by Gasteiger charge is 2.18. The Morgan fingerprint density at radius 3 is 1.68 bits per heavy atom. The Balaban J connectivity index is 1.14. The van der Waals surface area contributed by atoms with Gasteiger partial charge in [0.15, 0.2) is 0 Å². The van der Waals surface area contributed by atoms with Crippen molar-refractivity contribution in [2.24, 2.45) is 0 Å². The SMILES string of the molecule is c1ccc(N(c2ccc(-c3ccc4ccccc4c3)cc2)c2ccc3oc4ccc5c(ccc6oc7ccccc7c65)c4c3c2)cc1. The minimum atomic E-state index is 0.869. The van der Waals surface area contributed by atoms with E-state index in [2.05, 4.69) is 157 Å². The summed E-state index contributed by atoms with van der Waals surface area (Å²) in [4.78, 5) is 2.31. The molecule has 3 heteroatoms. The minimum Gasteiger partial charge on any atom is -0.456 e. The summed E-state index contributed by atoms with van der Waals surface area (Å²) in [6.45, 7) is 0. The zero-order chi connectivity index (χ0) is 30.9. The van der Waals surface area contributed by atoms with E-state index in [1.165, 1.54) is 21.9 Å². The van der Waals surface area contributed by atoms with E-state index >= 15 is 0 Å². The van der Waals surface area contributed by atoms with Crippen molar-refractivity contribution < 1.29 is 8.83 Å². The van der Waals surface area contributed by atoms with Crippen molar-refractivity contribution in [1.29, 1.82) is 0 Å². The first-order valence-electron chi connectivity index (χ1n) is 15.9. The number of para-hydroxylation sites is 2. The molecule has 8 aromatic carbocycles. The highest BCUT2D eigenvalue weighted by atomic mass is 16.3. The average Bonchev–Trinajstić information content (AvgIpc) is 3.71. The standard InChI is InChI=1S/C44H27NO2/c1-2-10-32(11-3-1)45(33-18-16-29(17-19-33)31-15-14-28-8-4-5-9-30(28)26-31)34-20-23-40-38(27-34)44-36-22-24-41-43(35(36)21-25-42(44)47-40)37-12-6-7-13-39(37)46-41/h1-27H. The van der Waals surface area contributed by atoms with Gasteiger partial charge in [-0.15, -0.1) is 0 Å². The van der Waals surface area contributed by atoms with E-state index in [-0.39, 0.29) is 0 Å². The Morgan fingerprint density at radius 2 is 0.894 bits per heavy atom. The van der Waals surface area contributed by atoms with Crippen molar-refractivity contribution in [3.8, 4) is 11.1 Å². The molecule has 0 aliphatic heterocycles. The van der Waals surface area contributed by atoms with Gasteiger partial charge in [0.2, 0.25) is 0 Å². The van der Waals surface area contributed by atoms with Crippen molar-refractivity contribution >= 4 is 82.5 Å². The molecule has 0 unspecified atom stereocenters. The highest BCUT2D eigenvalue weighted by molar-refractivity contribution is 6.27. The van der Waals surface area contributed by atoms with Gasteiger partial charge in [0.1, 0.15) is 22.3 Å². The first-order chi connectivity index (χ1) is 23.3. The molecule has 0 aliphatic rings. The van der Waals surface area contributed by atoms with Gasteiger partial charge in [-0.05, 0) is 112 Å². The molecule has 0 fully saturated rings. The smallest absolute Gasteiger partial charge is 0.136 e. The summed E-state index contributed by atoms with van der Waals surface area (Å²) in [5, 5.41) is 9.29. The first-order valence-corrected chi connectivity index (χ1v) is 15.9. The third-order valence-electron chi connectivity index (χ3n) is 9.43. The predicted octanol–water partition coefficient (Wildman–Crippen LogP) is 12.9. The third kappa shape index (κ3) is 4.07. The van der Waals surface area contributed by atoms with Crippen LogP contribution in [0.4, 0.5) is 17.1 Å². The Hall–Kier alpha value is -6.32. The average molecular weight is 602 g/mol. The van der Waals surface area contributed by atoms with Crippen LogP contribution in [-0.4, -0.2) is 0 Å². The number of rotatable bonds is 4. The zero-order valence-corrected chi connectivity index (χ0v) is 25.4. The van der Waals surface area contributed by atoms with E-state index in [0.717, 1.165) is 71.7 Å². The number of hydrogen-bond acceptors (Lipinski definition) is 3. The van der Waals surface area contributed by atoms with Gasteiger partial charge in [-0.2, -0.15) is 0 Å². The van der Waals surface area contributed by atoms with Crippen molar-refractivity contribution in [3.63, 3.8) is 0 Å². The van der Waals surface area contributed by atoms with Gasteiger partial charge in [-0.3, -0.25) is 0 Å². The molecule has 0 saturated heterocycles. The lowest BCUT2D eigenvalue weighted by Crippen LogP contribution is -2.09. The summed E-state index contributed by atoms with van der Waals surface area (Å²) in [6.07, 6.45) is 0. The first kappa shape index (κ1) is 26.0. The molecule has 10 rings (SSSR count). The van der Waals surface area contributed by atoms with E-state index in [9.17, 15) is 0 Å². The molecule has 47 heavy (non-hydrogen) atoms. The molecule has 2 aromatic heterocycles. The van der Waals surface area contributed by atoms with Crippen molar-refractivity contribution in [2.45, 2.75) is 0 Å². The van der Waals surface area contributed by atoms with Gasteiger partial charge < -0.3 is 13.7 Å². The lowest BCUT2D eigenvalue weighted by Gasteiger charge is -2.25. The molecule has 0 saturated carbocycles. The van der Waals surface area contributed by atoms with Crippen LogP contribution in [0.3, 0.4) is 0 Å². The van der Waals surface area contributed by atoms with Gasteiger partial charge in [0, 0.05) is 38.6 Å². The minimum absolute atomic E-state index is 0.869. The summed E-state index contributed by atoms with van der Waals surface area (Å²) in [6, 6.07) is 57.9. The van der Waals surface area contributed by atoms with E-state index in [1.807, 2.05) is 12.1 Å². The van der Waals surface area contributed by atoms with Gasteiger partial charge >= 0.3 is 0 Å². The highest BCUT2D eigenvalue weighted by Crippen LogP contribution is 2.43. The Labute approximate surface area is 270 Å². The van der Waals surface area contributed by atoms with Gasteiger partial charge in [-0.1, -0.05) is 84.9 Å².